The standard InChI is InChI=1S/C10H5Cl4NO3/c11-6-1-2-8-5(3-6)4-7(15(16)17)9(18-8)10(12,13)14/h1-4,9H/t9-/m0/s1. The molecule has 0 bridgehead atoms. The van der Waals surface area contributed by atoms with Crippen molar-refractivity contribution in [1.29, 1.82) is 0 Å². The predicted octanol–water partition coefficient (Wildman–Crippen LogP) is 4.09. The Balaban J connectivity index is 2.53. The third-order valence-electron chi connectivity index (χ3n) is 2.30. The fraction of sp³-hybridized carbons (Fsp3) is 0.200. The molecule has 0 aliphatic carbocycles. The minimum atomic E-state index is -1.93. The molecule has 0 saturated heterocycles. The minimum Gasteiger partial charge on any atom is -0.474 e. The third kappa shape index (κ3) is 2.67. The Hall–Kier alpha value is -0.680. The van der Waals surface area contributed by atoms with Crippen LogP contribution >= 0.6 is 46.4 Å². The van der Waals surface area contributed by atoms with Gasteiger partial charge in [0.2, 0.25) is 9.90 Å². The highest BCUT2D eigenvalue weighted by molar-refractivity contribution is 6.68. The van der Waals surface area contributed by atoms with E-state index in [0.29, 0.717) is 16.3 Å². The van der Waals surface area contributed by atoms with Crippen LogP contribution in [0.1, 0.15) is 5.56 Å². The second-order valence-corrected chi connectivity index (χ2v) is 6.35. The first-order chi connectivity index (χ1) is 8.29. The fourth-order valence-electron chi connectivity index (χ4n) is 1.54. The SMILES string of the molecule is O=[N+]([O-])C1=Cc2cc(Cl)ccc2O[C@@H]1C(Cl)(Cl)Cl. The molecule has 96 valence electrons. The van der Waals surface area contributed by atoms with Gasteiger partial charge in [-0.05, 0) is 18.2 Å². The van der Waals surface area contributed by atoms with Gasteiger partial charge in [-0.1, -0.05) is 46.4 Å². The van der Waals surface area contributed by atoms with Crippen molar-refractivity contribution in [2.45, 2.75) is 9.90 Å². The molecule has 0 radical (unpaired) electrons. The van der Waals surface area contributed by atoms with Gasteiger partial charge in [0.25, 0.3) is 5.70 Å². The lowest BCUT2D eigenvalue weighted by molar-refractivity contribution is -0.433. The molecule has 1 aromatic rings. The van der Waals surface area contributed by atoms with E-state index in [-0.39, 0.29) is 5.70 Å². The Bertz CT molecular complexity index is 538. The van der Waals surface area contributed by atoms with E-state index in [1.54, 1.807) is 12.1 Å². The molecule has 4 nitrogen and oxygen atoms in total. The van der Waals surface area contributed by atoms with Crippen LogP contribution in [0.15, 0.2) is 23.9 Å². The van der Waals surface area contributed by atoms with E-state index in [1.165, 1.54) is 12.1 Å². The highest BCUT2D eigenvalue weighted by Gasteiger charge is 2.46. The normalized spacial score (nSPS) is 18.7. The molecule has 8 heteroatoms. The molecular formula is C10H5Cl4NO3. The maximum atomic E-state index is 11.0. The van der Waals surface area contributed by atoms with Crippen molar-refractivity contribution in [3.8, 4) is 5.75 Å². The summed E-state index contributed by atoms with van der Waals surface area (Å²) in [7, 11) is 0. The van der Waals surface area contributed by atoms with Gasteiger partial charge in [-0.3, -0.25) is 10.1 Å². The van der Waals surface area contributed by atoms with Crippen LogP contribution in [0.2, 0.25) is 5.02 Å². The number of hydrogen-bond acceptors (Lipinski definition) is 3. The minimum absolute atomic E-state index is 0.329. The molecule has 1 aromatic carbocycles. The number of nitrogens with zero attached hydrogens (tertiary/aromatic N) is 1. The molecule has 1 aliphatic heterocycles. The van der Waals surface area contributed by atoms with Gasteiger partial charge >= 0.3 is 0 Å². The summed E-state index contributed by atoms with van der Waals surface area (Å²) in [6.07, 6.45) is 0.0169. The van der Waals surface area contributed by atoms with Gasteiger partial charge in [-0.25, -0.2) is 0 Å². The molecule has 1 heterocycles. The number of halogens is 4. The maximum Gasteiger partial charge on any atom is 0.291 e. The van der Waals surface area contributed by atoms with Crippen LogP contribution in [0.4, 0.5) is 0 Å². The lowest BCUT2D eigenvalue weighted by Gasteiger charge is -2.27. The molecule has 0 unspecified atom stereocenters. The van der Waals surface area contributed by atoms with Crippen LogP contribution in [0.5, 0.6) is 5.75 Å². The number of benzene rings is 1. The molecule has 1 atom stereocenters. The van der Waals surface area contributed by atoms with Gasteiger partial charge in [0.1, 0.15) is 5.75 Å². The van der Waals surface area contributed by atoms with Gasteiger partial charge in [-0.2, -0.15) is 0 Å². The van der Waals surface area contributed by atoms with Crippen molar-refractivity contribution < 1.29 is 9.66 Å². The van der Waals surface area contributed by atoms with Gasteiger partial charge in [0, 0.05) is 16.7 Å². The summed E-state index contributed by atoms with van der Waals surface area (Å²) in [6.45, 7) is 0. The summed E-state index contributed by atoms with van der Waals surface area (Å²) in [5, 5.41) is 11.4. The van der Waals surface area contributed by atoms with Crippen LogP contribution in [0, 0.1) is 10.1 Å². The maximum absolute atomic E-state index is 11.0. The summed E-state index contributed by atoms with van der Waals surface area (Å²) in [6, 6.07) is 4.68. The molecule has 0 N–H and O–H groups in total. The highest BCUT2D eigenvalue weighted by Crippen LogP contribution is 2.41. The van der Waals surface area contributed by atoms with Crippen molar-refractivity contribution in [3.63, 3.8) is 0 Å². The van der Waals surface area contributed by atoms with Crippen LogP contribution in [0.3, 0.4) is 0 Å². The lowest BCUT2D eigenvalue weighted by atomic mass is 10.1. The number of ether oxygens (including phenoxy) is 1. The van der Waals surface area contributed by atoms with E-state index < -0.39 is 14.8 Å². The molecule has 0 saturated carbocycles. The molecule has 1 aliphatic rings. The van der Waals surface area contributed by atoms with E-state index in [2.05, 4.69) is 0 Å². The second-order valence-electron chi connectivity index (χ2n) is 3.55. The fourth-order valence-corrected chi connectivity index (χ4v) is 2.19. The summed E-state index contributed by atoms with van der Waals surface area (Å²) >= 11 is 22.8. The van der Waals surface area contributed by atoms with Crippen molar-refractivity contribution in [2.75, 3.05) is 0 Å². The Morgan fingerprint density at radius 2 is 2.00 bits per heavy atom. The Labute approximate surface area is 122 Å². The first-order valence-corrected chi connectivity index (χ1v) is 6.19. The number of nitro groups is 1. The van der Waals surface area contributed by atoms with E-state index in [9.17, 15) is 10.1 Å². The topological polar surface area (TPSA) is 52.4 Å². The summed E-state index contributed by atoms with van der Waals surface area (Å²) in [4.78, 5) is 10.3. The molecule has 0 fully saturated rings. The average molecular weight is 329 g/mol. The average Bonchev–Trinajstić information content (AvgIpc) is 2.25. The quantitative estimate of drug-likeness (QED) is 0.443. The van der Waals surface area contributed by atoms with Crippen molar-refractivity contribution >= 4 is 52.5 Å². The van der Waals surface area contributed by atoms with Gasteiger partial charge in [-0.15, -0.1) is 0 Å². The first-order valence-electron chi connectivity index (χ1n) is 4.68. The lowest BCUT2D eigenvalue weighted by Crippen LogP contribution is -2.38. The van der Waals surface area contributed by atoms with Gasteiger partial charge in [0.05, 0.1) is 4.92 Å². The van der Waals surface area contributed by atoms with Gasteiger partial charge in [0.15, 0.2) is 0 Å². The van der Waals surface area contributed by atoms with Crippen LogP contribution in [-0.4, -0.2) is 14.8 Å². The number of fused-ring (bicyclic) bond motifs is 1. The molecule has 0 spiro atoms. The molecule has 2 rings (SSSR count). The Kier molecular flexibility index (Phi) is 3.65. The van der Waals surface area contributed by atoms with Crippen molar-refractivity contribution in [1.82, 2.24) is 0 Å². The van der Waals surface area contributed by atoms with Crippen molar-refractivity contribution in [3.05, 3.63) is 44.6 Å². The smallest absolute Gasteiger partial charge is 0.291 e. The monoisotopic (exact) mass is 327 g/mol. The Morgan fingerprint density at radius 3 is 2.56 bits per heavy atom. The first kappa shape index (κ1) is 13.7. The van der Waals surface area contributed by atoms with Crippen molar-refractivity contribution in [2.24, 2.45) is 0 Å². The van der Waals surface area contributed by atoms with Crippen LogP contribution in [0.25, 0.3) is 6.08 Å². The van der Waals surface area contributed by atoms with Crippen LogP contribution < -0.4 is 4.74 Å². The third-order valence-corrected chi connectivity index (χ3v) is 3.13. The number of alkyl halides is 3. The van der Waals surface area contributed by atoms with Gasteiger partial charge < -0.3 is 4.74 Å². The van der Waals surface area contributed by atoms with E-state index >= 15 is 0 Å². The number of rotatable bonds is 1. The zero-order chi connectivity index (χ0) is 13.5. The van der Waals surface area contributed by atoms with E-state index in [4.69, 9.17) is 51.1 Å². The largest absolute Gasteiger partial charge is 0.474 e. The Morgan fingerprint density at radius 1 is 1.33 bits per heavy atom. The molecular weight excluding hydrogens is 324 g/mol. The predicted molar refractivity (Wildman–Crippen MR) is 71.1 cm³/mol. The van der Waals surface area contributed by atoms with Crippen LogP contribution in [-0.2, 0) is 0 Å². The summed E-state index contributed by atoms with van der Waals surface area (Å²) < 4.78 is 3.43. The molecule has 18 heavy (non-hydrogen) atoms. The van der Waals surface area contributed by atoms with E-state index in [1.807, 2.05) is 0 Å². The summed E-state index contributed by atoms with van der Waals surface area (Å²) in [5.74, 6) is 0.376. The summed E-state index contributed by atoms with van der Waals surface area (Å²) in [5.41, 5.74) is 0.143. The highest BCUT2D eigenvalue weighted by atomic mass is 35.6. The zero-order valence-corrected chi connectivity index (χ0v) is 11.6. The second kappa shape index (κ2) is 4.78. The number of hydrogen-bond donors (Lipinski definition) is 0. The zero-order valence-electron chi connectivity index (χ0n) is 8.57. The molecule has 0 amide bonds. The van der Waals surface area contributed by atoms with E-state index in [0.717, 1.165) is 0 Å². The molecule has 0 aromatic heterocycles.